The highest BCUT2D eigenvalue weighted by Gasteiger charge is 2.27. The van der Waals surface area contributed by atoms with E-state index in [-0.39, 0.29) is 5.97 Å². The number of hydrogen-bond donors (Lipinski definition) is 0. The van der Waals surface area contributed by atoms with Crippen LogP contribution in [0.4, 0.5) is 0 Å². The Morgan fingerprint density at radius 2 is 1.61 bits per heavy atom. The Labute approximate surface area is 111 Å². The first-order valence-corrected chi connectivity index (χ1v) is 9.74. The summed E-state index contributed by atoms with van der Waals surface area (Å²) >= 11 is 0. The van der Waals surface area contributed by atoms with Crippen LogP contribution in [-0.4, -0.2) is 14.0 Å². The van der Waals surface area contributed by atoms with E-state index in [9.17, 15) is 4.79 Å². The van der Waals surface area contributed by atoms with Gasteiger partial charge in [0.25, 0.3) is 0 Å². The van der Waals surface area contributed by atoms with Crippen molar-refractivity contribution in [2.45, 2.75) is 51.4 Å². The van der Waals surface area contributed by atoms with E-state index >= 15 is 0 Å². The van der Waals surface area contributed by atoms with Gasteiger partial charge >= 0.3 is 5.97 Å². The molecule has 0 aliphatic carbocycles. The van der Waals surface area contributed by atoms with E-state index in [0.29, 0.717) is 12.2 Å². The second-order valence-corrected chi connectivity index (χ2v) is 10.5. The summed E-state index contributed by atoms with van der Waals surface area (Å²) in [5.74, 6) is 0.563. The van der Waals surface area contributed by atoms with Gasteiger partial charge in [0.1, 0.15) is 5.75 Å². The Morgan fingerprint density at radius 3 is 2.11 bits per heavy atom. The van der Waals surface area contributed by atoms with Gasteiger partial charge in [-0.2, -0.15) is 0 Å². The number of ether oxygens (including phenoxy) is 1. The van der Waals surface area contributed by atoms with Crippen LogP contribution in [0, 0.1) is 0 Å². The van der Waals surface area contributed by atoms with Crippen molar-refractivity contribution in [1.82, 2.24) is 0 Å². The molecule has 0 atom stereocenters. The number of para-hydroxylation sites is 1. The Hall–Kier alpha value is -1.09. The lowest BCUT2D eigenvalue weighted by molar-refractivity contribution is -0.134. The average Bonchev–Trinajstić information content (AvgIpc) is 2.42. The van der Waals surface area contributed by atoms with E-state index < -0.39 is 8.07 Å². The fourth-order valence-electron chi connectivity index (χ4n) is 2.32. The molecule has 0 aliphatic rings. The second-order valence-electron chi connectivity index (χ2n) is 4.85. The second kappa shape index (κ2) is 7.37. The molecule has 0 N–H and O–H groups in total. The van der Waals surface area contributed by atoms with E-state index in [4.69, 9.17) is 4.74 Å². The lowest BCUT2D eigenvalue weighted by Gasteiger charge is -2.27. The SMILES string of the molecule is CC[Si](CC)(CC)CCC(=O)Oc1ccccc1. The first-order chi connectivity index (χ1) is 8.65. The molecular weight excluding hydrogens is 240 g/mol. The lowest BCUT2D eigenvalue weighted by atomic mass is 10.3. The maximum atomic E-state index is 11.8. The Bertz CT molecular complexity index is 350. The van der Waals surface area contributed by atoms with Crippen LogP contribution >= 0.6 is 0 Å². The van der Waals surface area contributed by atoms with Crippen molar-refractivity contribution in [3.63, 3.8) is 0 Å². The summed E-state index contributed by atoms with van der Waals surface area (Å²) in [5, 5.41) is 0. The van der Waals surface area contributed by atoms with Gasteiger partial charge in [-0.1, -0.05) is 57.1 Å². The molecule has 0 spiro atoms. The highest BCUT2D eigenvalue weighted by atomic mass is 28.3. The van der Waals surface area contributed by atoms with Crippen LogP contribution in [0.2, 0.25) is 24.2 Å². The Kier molecular flexibility index (Phi) is 6.12. The van der Waals surface area contributed by atoms with Gasteiger partial charge in [-0.15, -0.1) is 0 Å². The summed E-state index contributed by atoms with van der Waals surface area (Å²) in [6, 6.07) is 14.2. The molecule has 0 radical (unpaired) electrons. The van der Waals surface area contributed by atoms with Gasteiger partial charge in [-0.25, -0.2) is 0 Å². The molecule has 1 aromatic rings. The molecule has 0 unspecified atom stereocenters. The molecule has 0 amide bonds. The standard InChI is InChI=1S/C15H24O2Si/c1-4-18(5-2,6-3)13-12-15(16)17-14-10-8-7-9-11-14/h7-11H,4-6,12-13H2,1-3H3. The highest BCUT2D eigenvalue weighted by Crippen LogP contribution is 2.26. The van der Waals surface area contributed by atoms with Crippen LogP contribution in [-0.2, 0) is 4.79 Å². The van der Waals surface area contributed by atoms with E-state index in [1.54, 1.807) is 0 Å². The molecule has 0 heterocycles. The number of esters is 1. The summed E-state index contributed by atoms with van der Waals surface area (Å²) < 4.78 is 5.33. The van der Waals surface area contributed by atoms with Crippen LogP contribution < -0.4 is 4.74 Å². The molecule has 0 bridgehead atoms. The minimum absolute atomic E-state index is 0.0894. The lowest BCUT2D eigenvalue weighted by Crippen LogP contribution is -2.32. The smallest absolute Gasteiger partial charge is 0.310 e. The van der Waals surface area contributed by atoms with E-state index in [0.717, 1.165) is 6.04 Å². The van der Waals surface area contributed by atoms with Gasteiger partial charge in [-0.3, -0.25) is 4.79 Å². The first kappa shape index (κ1) is 15.0. The van der Waals surface area contributed by atoms with Crippen molar-refractivity contribution < 1.29 is 9.53 Å². The van der Waals surface area contributed by atoms with Crippen molar-refractivity contribution in [3.8, 4) is 5.75 Å². The van der Waals surface area contributed by atoms with Crippen LogP contribution in [0.25, 0.3) is 0 Å². The molecule has 2 nitrogen and oxygen atoms in total. The topological polar surface area (TPSA) is 26.3 Å². The van der Waals surface area contributed by atoms with Crippen LogP contribution in [0.3, 0.4) is 0 Å². The molecule has 0 aliphatic heterocycles. The van der Waals surface area contributed by atoms with E-state index in [2.05, 4.69) is 20.8 Å². The predicted octanol–water partition coefficient (Wildman–Crippen LogP) is 4.49. The third kappa shape index (κ3) is 4.30. The maximum Gasteiger partial charge on any atom is 0.310 e. The fourth-order valence-corrected chi connectivity index (χ4v) is 5.61. The number of hydrogen-bond acceptors (Lipinski definition) is 2. The molecule has 0 saturated heterocycles. The largest absolute Gasteiger partial charge is 0.427 e. The van der Waals surface area contributed by atoms with Gasteiger partial charge in [0.2, 0.25) is 0 Å². The molecule has 100 valence electrons. The fraction of sp³-hybridized carbons (Fsp3) is 0.533. The Balaban J connectivity index is 2.46. The molecule has 1 aromatic carbocycles. The normalized spacial score (nSPS) is 11.3. The third-order valence-corrected chi connectivity index (χ3v) is 9.90. The number of carbonyl (C=O) groups is 1. The van der Waals surface area contributed by atoms with Crippen LogP contribution in [0.1, 0.15) is 27.2 Å². The van der Waals surface area contributed by atoms with Crippen molar-refractivity contribution >= 4 is 14.0 Å². The molecule has 0 fully saturated rings. The number of rotatable bonds is 7. The van der Waals surface area contributed by atoms with E-state index in [1.165, 1.54) is 18.1 Å². The molecule has 0 aromatic heterocycles. The summed E-state index contributed by atoms with van der Waals surface area (Å²) in [7, 11) is -1.20. The van der Waals surface area contributed by atoms with Crippen LogP contribution in [0.5, 0.6) is 5.75 Å². The van der Waals surface area contributed by atoms with Gasteiger partial charge in [-0.05, 0) is 18.2 Å². The molecular formula is C15H24O2Si. The van der Waals surface area contributed by atoms with Crippen molar-refractivity contribution in [2.75, 3.05) is 0 Å². The zero-order valence-electron chi connectivity index (χ0n) is 11.7. The van der Waals surface area contributed by atoms with Crippen molar-refractivity contribution in [3.05, 3.63) is 30.3 Å². The monoisotopic (exact) mass is 264 g/mol. The summed E-state index contributed by atoms with van der Waals surface area (Å²) in [6.07, 6.45) is 0.566. The molecule has 1 rings (SSSR count). The predicted molar refractivity (Wildman–Crippen MR) is 78.7 cm³/mol. The minimum Gasteiger partial charge on any atom is -0.427 e. The van der Waals surface area contributed by atoms with Gasteiger partial charge in [0.05, 0.1) is 8.07 Å². The summed E-state index contributed by atoms with van der Waals surface area (Å²) in [6.45, 7) is 6.80. The summed E-state index contributed by atoms with van der Waals surface area (Å²) in [4.78, 5) is 11.8. The zero-order valence-corrected chi connectivity index (χ0v) is 12.7. The van der Waals surface area contributed by atoms with Gasteiger partial charge in [0, 0.05) is 6.42 Å². The first-order valence-electron chi connectivity index (χ1n) is 6.91. The quantitative estimate of drug-likeness (QED) is 0.412. The minimum atomic E-state index is -1.20. The maximum absolute atomic E-state index is 11.8. The highest BCUT2D eigenvalue weighted by molar-refractivity contribution is 6.79. The Morgan fingerprint density at radius 1 is 1.06 bits per heavy atom. The van der Waals surface area contributed by atoms with E-state index in [1.807, 2.05) is 30.3 Å². The van der Waals surface area contributed by atoms with Crippen molar-refractivity contribution in [1.29, 1.82) is 0 Å². The molecule has 0 saturated carbocycles. The number of benzene rings is 1. The third-order valence-electron chi connectivity index (χ3n) is 4.08. The number of carbonyl (C=O) groups excluding carboxylic acids is 1. The van der Waals surface area contributed by atoms with Crippen LogP contribution in [0.15, 0.2) is 30.3 Å². The van der Waals surface area contributed by atoms with Gasteiger partial charge in [0.15, 0.2) is 0 Å². The molecule has 3 heteroatoms. The summed E-state index contributed by atoms with van der Waals surface area (Å²) in [5.41, 5.74) is 0. The zero-order chi connectivity index (χ0) is 13.4. The van der Waals surface area contributed by atoms with Gasteiger partial charge < -0.3 is 4.74 Å². The molecule has 18 heavy (non-hydrogen) atoms. The average molecular weight is 264 g/mol. The van der Waals surface area contributed by atoms with Crippen molar-refractivity contribution in [2.24, 2.45) is 0 Å².